The van der Waals surface area contributed by atoms with Crippen LogP contribution in [0.5, 0.6) is 0 Å². The van der Waals surface area contributed by atoms with Gasteiger partial charge in [0, 0.05) is 0 Å². The number of rotatable bonds is 2. The molecule has 0 amide bonds. The van der Waals surface area contributed by atoms with Gasteiger partial charge >= 0.3 is 0 Å². The number of hydrogen-bond acceptors (Lipinski definition) is 0. The third-order valence-corrected chi connectivity index (χ3v) is 1.37. The van der Waals surface area contributed by atoms with E-state index in [0.717, 1.165) is 12.6 Å². The van der Waals surface area contributed by atoms with Crippen LogP contribution in [0, 0.1) is 0 Å². The van der Waals surface area contributed by atoms with Crippen LogP contribution in [0.1, 0.15) is 13.3 Å². The Morgan fingerprint density at radius 2 is 2.33 bits per heavy atom. The zero-order chi connectivity index (χ0) is 4.99. The van der Waals surface area contributed by atoms with Crippen LogP contribution in [0.2, 0.25) is 0 Å². The van der Waals surface area contributed by atoms with Crippen LogP contribution in [0.3, 0.4) is 0 Å². The Kier molecular flexibility index (Phi) is 3.46. The Hall–Kier alpha value is 0.170. The molecule has 0 aromatic rings. The van der Waals surface area contributed by atoms with Crippen molar-refractivity contribution in [2.45, 2.75) is 13.3 Å². The summed E-state index contributed by atoms with van der Waals surface area (Å²) in [7, 11) is 2.64. The largest absolute Gasteiger partial charge is 0.133 e. The molecule has 36 valence electrons. The van der Waals surface area contributed by atoms with E-state index in [1.165, 1.54) is 5.57 Å². The molecule has 0 aliphatic rings. The van der Waals surface area contributed by atoms with Gasteiger partial charge in [0.2, 0.25) is 0 Å². The average Bonchev–Trinajstić information content (AvgIpc) is 1.65. The molecule has 0 aliphatic heterocycles. The summed E-state index contributed by atoms with van der Waals surface area (Å²) in [5.74, 6) is 0. The van der Waals surface area contributed by atoms with Crippen molar-refractivity contribution in [2.75, 3.05) is 6.16 Å². The highest BCUT2D eigenvalue weighted by molar-refractivity contribution is 7.16. The summed E-state index contributed by atoms with van der Waals surface area (Å²) in [5, 5.41) is 0. The third kappa shape index (κ3) is 2.41. The van der Waals surface area contributed by atoms with Gasteiger partial charge < -0.3 is 0 Å². The molecular weight excluding hydrogens is 91.0 g/mol. The fourth-order valence-electron chi connectivity index (χ4n) is 0.144. The lowest BCUT2D eigenvalue weighted by Crippen LogP contribution is -1.73. The van der Waals surface area contributed by atoms with Crippen molar-refractivity contribution in [3.05, 3.63) is 12.2 Å². The highest BCUT2D eigenvalue weighted by Crippen LogP contribution is 1.98. The quantitative estimate of drug-likeness (QED) is 0.368. The summed E-state index contributed by atoms with van der Waals surface area (Å²) in [6.45, 7) is 5.89. The van der Waals surface area contributed by atoms with E-state index in [2.05, 4.69) is 22.7 Å². The Labute approximate surface area is 41.8 Å². The predicted molar refractivity (Wildman–Crippen MR) is 34.0 cm³/mol. The maximum absolute atomic E-state index is 3.77. The summed E-state index contributed by atoms with van der Waals surface area (Å²) >= 11 is 0. The molecule has 0 nitrogen and oxygen atoms in total. The lowest BCUT2D eigenvalue weighted by atomic mass is 10.3. The molecule has 0 bridgehead atoms. The monoisotopic (exact) mass is 102 g/mol. The first-order chi connectivity index (χ1) is 2.81. The second kappa shape index (κ2) is 3.36. The van der Waals surface area contributed by atoms with Crippen LogP contribution < -0.4 is 0 Å². The topological polar surface area (TPSA) is 0 Å². The maximum atomic E-state index is 3.77. The zero-order valence-corrected chi connectivity index (χ0v) is 5.35. The Morgan fingerprint density at radius 3 is 2.33 bits per heavy atom. The molecular formula is C5H11P. The molecule has 0 aliphatic carbocycles. The van der Waals surface area contributed by atoms with Crippen LogP contribution in [-0.4, -0.2) is 6.16 Å². The van der Waals surface area contributed by atoms with E-state index < -0.39 is 0 Å². The molecule has 1 unspecified atom stereocenters. The second-order valence-electron chi connectivity index (χ2n) is 1.31. The summed E-state index contributed by atoms with van der Waals surface area (Å²) < 4.78 is 0. The number of allylic oxidation sites excluding steroid dienone is 1. The highest BCUT2D eigenvalue weighted by atomic mass is 31.0. The predicted octanol–water partition coefficient (Wildman–Crippen LogP) is 1.83. The molecule has 1 heteroatoms. The summed E-state index contributed by atoms with van der Waals surface area (Å²) in [6.07, 6.45) is 2.17. The molecule has 0 N–H and O–H groups in total. The van der Waals surface area contributed by atoms with Gasteiger partial charge in [-0.2, -0.15) is 0 Å². The fourth-order valence-corrected chi connectivity index (χ4v) is 0.433. The maximum Gasteiger partial charge on any atom is -0.0172 e. The van der Waals surface area contributed by atoms with E-state index in [9.17, 15) is 0 Å². The van der Waals surface area contributed by atoms with Gasteiger partial charge in [0.25, 0.3) is 0 Å². The minimum Gasteiger partial charge on any atom is -0.133 e. The fraction of sp³-hybridized carbons (Fsp3) is 0.600. The van der Waals surface area contributed by atoms with E-state index in [4.69, 9.17) is 0 Å². The Morgan fingerprint density at radius 1 is 1.83 bits per heavy atom. The van der Waals surface area contributed by atoms with Crippen molar-refractivity contribution in [1.82, 2.24) is 0 Å². The van der Waals surface area contributed by atoms with Crippen LogP contribution >= 0.6 is 9.24 Å². The summed E-state index contributed by atoms with van der Waals surface area (Å²) in [6, 6.07) is 0. The van der Waals surface area contributed by atoms with Gasteiger partial charge in [-0.15, -0.1) is 9.24 Å². The molecule has 0 fully saturated rings. The van der Waals surface area contributed by atoms with Crippen molar-refractivity contribution >= 4 is 9.24 Å². The summed E-state index contributed by atoms with van der Waals surface area (Å²) in [5.41, 5.74) is 1.31. The van der Waals surface area contributed by atoms with Gasteiger partial charge in [-0.3, -0.25) is 0 Å². The Balaban J connectivity index is 2.99. The molecule has 0 spiro atoms. The first-order valence-electron chi connectivity index (χ1n) is 2.18. The minimum atomic E-state index is 1.05. The van der Waals surface area contributed by atoms with Crippen LogP contribution in [0.25, 0.3) is 0 Å². The summed E-state index contributed by atoms with van der Waals surface area (Å²) in [4.78, 5) is 0. The van der Waals surface area contributed by atoms with Gasteiger partial charge in [0.15, 0.2) is 0 Å². The van der Waals surface area contributed by atoms with Gasteiger partial charge in [0.1, 0.15) is 0 Å². The van der Waals surface area contributed by atoms with Crippen molar-refractivity contribution in [1.29, 1.82) is 0 Å². The van der Waals surface area contributed by atoms with Crippen molar-refractivity contribution in [3.8, 4) is 0 Å². The normalized spacial score (nSPS) is 8.33. The van der Waals surface area contributed by atoms with E-state index in [1.807, 2.05) is 0 Å². The van der Waals surface area contributed by atoms with E-state index in [1.54, 1.807) is 0 Å². The average molecular weight is 102 g/mol. The van der Waals surface area contributed by atoms with E-state index in [0.29, 0.717) is 0 Å². The van der Waals surface area contributed by atoms with Gasteiger partial charge in [-0.25, -0.2) is 0 Å². The zero-order valence-electron chi connectivity index (χ0n) is 4.20. The molecule has 0 radical (unpaired) electrons. The highest BCUT2D eigenvalue weighted by Gasteiger charge is 1.78. The van der Waals surface area contributed by atoms with Crippen LogP contribution in [0.4, 0.5) is 0 Å². The van der Waals surface area contributed by atoms with Gasteiger partial charge in [0.05, 0.1) is 0 Å². The van der Waals surface area contributed by atoms with Crippen LogP contribution in [-0.2, 0) is 0 Å². The van der Waals surface area contributed by atoms with E-state index >= 15 is 0 Å². The standard InChI is InChI=1S/C5H11P/c1-3-5(2)4-6/h2-4,6H2,1H3. The first-order valence-corrected chi connectivity index (χ1v) is 2.99. The smallest absolute Gasteiger partial charge is 0.0172 e. The van der Waals surface area contributed by atoms with Crippen molar-refractivity contribution in [2.24, 2.45) is 0 Å². The molecule has 0 heterocycles. The minimum absolute atomic E-state index is 1.05. The Bertz CT molecular complexity index is 41.9. The molecule has 0 rings (SSSR count). The molecule has 0 aromatic heterocycles. The molecule has 1 atom stereocenters. The number of hydrogen-bond donors (Lipinski definition) is 0. The van der Waals surface area contributed by atoms with Crippen molar-refractivity contribution in [3.63, 3.8) is 0 Å². The lowest BCUT2D eigenvalue weighted by molar-refractivity contribution is 1.12. The SMILES string of the molecule is C=C(CC)CP. The first kappa shape index (κ1) is 6.17. The lowest BCUT2D eigenvalue weighted by Gasteiger charge is -1.89. The second-order valence-corrected chi connectivity index (χ2v) is 1.72. The molecule has 6 heavy (non-hydrogen) atoms. The van der Waals surface area contributed by atoms with Crippen LogP contribution in [0.15, 0.2) is 12.2 Å². The molecule has 0 aromatic carbocycles. The van der Waals surface area contributed by atoms with E-state index in [-0.39, 0.29) is 0 Å². The third-order valence-electron chi connectivity index (χ3n) is 0.789. The molecule has 0 saturated heterocycles. The molecule has 0 saturated carbocycles. The van der Waals surface area contributed by atoms with Gasteiger partial charge in [-0.1, -0.05) is 19.1 Å². The van der Waals surface area contributed by atoms with Crippen molar-refractivity contribution < 1.29 is 0 Å². The van der Waals surface area contributed by atoms with Gasteiger partial charge in [-0.05, 0) is 12.6 Å².